The van der Waals surface area contributed by atoms with Crippen LogP contribution >= 0.6 is 0 Å². The molecule has 2 N–H and O–H groups in total. The van der Waals surface area contributed by atoms with Gasteiger partial charge in [-0.1, -0.05) is 12.5 Å². The smallest absolute Gasteiger partial charge is 0.153 e. The fraction of sp³-hybridized carbons (Fsp3) is 0.667. The van der Waals surface area contributed by atoms with Crippen LogP contribution in [0.4, 0.5) is 0 Å². The summed E-state index contributed by atoms with van der Waals surface area (Å²) in [4.78, 5) is 11.2. The van der Waals surface area contributed by atoms with Crippen LogP contribution in [-0.2, 0) is 4.79 Å². The molecule has 1 fully saturated rings. The molecule has 2 heteroatoms. The van der Waals surface area contributed by atoms with Crippen LogP contribution in [0.1, 0.15) is 25.7 Å². The number of Topliss-reactive ketones (excluding diaryl/α,β-unsaturated/α-hetero) is 1. The number of hydrogen-bond acceptors (Lipinski definition) is 2. The summed E-state index contributed by atoms with van der Waals surface area (Å²) in [6.45, 7) is 3.51. The standard InChI is InChI=1S/C9H15NO/c1-2-4-8(11)9(10)7-5-3-6-7/h2,7,9H,1,3-6,10H2. The van der Waals surface area contributed by atoms with Crippen molar-refractivity contribution in [3.05, 3.63) is 12.7 Å². The molecule has 1 aliphatic rings. The molecule has 0 bridgehead atoms. The predicted octanol–water partition coefficient (Wildman–Crippen LogP) is 1.26. The van der Waals surface area contributed by atoms with Gasteiger partial charge < -0.3 is 5.73 Å². The van der Waals surface area contributed by atoms with Crippen LogP contribution in [0.15, 0.2) is 12.7 Å². The van der Waals surface area contributed by atoms with E-state index >= 15 is 0 Å². The Hall–Kier alpha value is -0.630. The predicted molar refractivity (Wildman–Crippen MR) is 45.1 cm³/mol. The molecular weight excluding hydrogens is 138 g/mol. The van der Waals surface area contributed by atoms with E-state index < -0.39 is 0 Å². The van der Waals surface area contributed by atoms with Crippen LogP contribution < -0.4 is 5.73 Å². The number of carbonyl (C=O) groups excluding carboxylic acids is 1. The second-order valence-electron chi connectivity index (χ2n) is 3.18. The van der Waals surface area contributed by atoms with Crippen LogP contribution in [0.2, 0.25) is 0 Å². The monoisotopic (exact) mass is 153 g/mol. The van der Waals surface area contributed by atoms with Gasteiger partial charge in [-0.15, -0.1) is 6.58 Å². The minimum atomic E-state index is -0.221. The number of allylic oxidation sites excluding steroid dienone is 1. The van der Waals surface area contributed by atoms with Crippen molar-refractivity contribution < 1.29 is 4.79 Å². The zero-order chi connectivity index (χ0) is 8.27. The summed E-state index contributed by atoms with van der Waals surface area (Å²) in [7, 11) is 0. The van der Waals surface area contributed by atoms with Gasteiger partial charge >= 0.3 is 0 Å². The molecule has 0 spiro atoms. The van der Waals surface area contributed by atoms with E-state index in [0.717, 1.165) is 12.8 Å². The van der Waals surface area contributed by atoms with Gasteiger partial charge in [0.05, 0.1) is 6.04 Å². The first-order valence-electron chi connectivity index (χ1n) is 4.15. The third-order valence-electron chi connectivity index (χ3n) is 2.38. The molecule has 1 saturated carbocycles. The summed E-state index contributed by atoms with van der Waals surface area (Å²) in [6.07, 6.45) is 5.55. The highest BCUT2D eigenvalue weighted by atomic mass is 16.1. The van der Waals surface area contributed by atoms with E-state index in [1.54, 1.807) is 6.08 Å². The van der Waals surface area contributed by atoms with Crippen LogP contribution in [0.25, 0.3) is 0 Å². The molecule has 62 valence electrons. The zero-order valence-corrected chi connectivity index (χ0v) is 6.75. The summed E-state index contributed by atoms with van der Waals surface area (Å²) in [5.74, 6) is 0.604. The minimum Gasteiger partial charge on any atom is -0.321 e. The molecule has 2 nitrogen and oxygen atoms in total. The first kappa shape index (κ1) is 8.47. The summed E-state index contributed by atoms with van der Waals surface area (Å²) in [5, 5.41) is 0. The fourth-order valence-corrected chi connectivity index (χ4v) is 1.34. The molecule has 1 aliphatic carbocycles. The Morgan fingerprint density at radius 1 is 1.73 bits per heavy atom. The van der Waals surface area contributed by atoms with Crippen LogP contribution in [0.3, 0.4) is 0 Å². The molecule has 0 saturated heterocycles. The Kier molecular flexibility index (Phi) is 2.83. The molecule has 0 aromatic heterocycles. The second-order valence-corrected chi connectivity index (χ2v) is 3.18. The SMILES string of the molecule is C=CCC(=O)C(N)C1CCC1. The first-order valence-corrected chi connectivity index (χ1v) is 4.15. The van der Waals surface area contributed by atoms with E-state index in [-0.39, 0.29) is 11.8 Å². The van der Waals surface area contributed by atoms with Crippen molar-refractivity contribution in [2.24, 2.45) is 11.7 Å². The molecule has 1 atom stereocenters. The van der Waals surface area contributed by atoms with Gasteiger partial charge in [0, 0.05) is 6.42 Å². The van der Waals surface area contributed by atoms with Crippen molar-refractivity contribution in [3.63, 3.8) is 0 Å². The number of rotatable bonds is 4. The molecule has 0 aromatic carbocycles. The molecule has 0 amide bonds. The molecule has 1 unspecified atom stereocenters. The van der Waals surface area contributed by atoms with Gasteiger partial charge in [-0.05, 0) is 18.8 Å². The lowest BCUT2D eigenvalue weighted by molar-refractivity contribution is -0.121. The average Bonchev–Trinajstić information content (AvgIpc) is 1.84. The van der Waals surface area contributed by atoms with Crippen molar-refractivity contribution in [1.29, 1.82) is 0 Å². The number of hydrogen-bond donors (Lipinski definition) is 1. The van der Waals surface area contributed by atoms with E-state index in [0.29, 0.717) is 12.3 Å². The van der Waals surface area contributed by atoms with Gasteiger partial charge in [-0.25, -0.2) is 0 Å². The van der Waals surface area contributed by atoms with Gasteiger partial charge in [0.15, 0.2) is 5.78 Å². The number of carbonyl (C=O) groups is 1. The van der Waals surface area contributed by atoms with Crippen molar-refractivity contribution in [3.8, 4) is 0 Å². The van der Waals surface area contributed by atoms with Gasteiger partial charge in [0.2, 0.25) is 0 Å². The second kappa shape index (κ2) is 3.67. The van der Waals surface area contributed by atoms with Crippen molar-refractivity contribution in [2.75, 3.05) is 0 Å². The zero-order valence-electron chi connectivity index (χ0n) is 6.75. The molecule has 0 heterocycles. The Balaban J connectivity index is 2.32. The normalized spacial score (nSPS) is 20.5. The van der Waals surface area contributed by atoms with E-state index in [4.69, 9.17) is 5.73 Å². The van der Waals surface area contributed by atoms with Gasteiger partial charge in [0.25, 0.3) is 0 Å². The third kappa shape index (κ3) is 1.90. The molecule has 0 aliphatic heterocycles. The van der Waals surface area contributed by atoms with E-state index in [9.17, 15) is 4.79 Å². The highest BCUT2D eigenvalue weighted by Gasteiger charge is 2.28. The molecule has 11 heavy (non-hydrogen) atoms. The topological polar surface area (TPSA) is 43.1 Å². The quantitative estimate of drug-likeness (QED) is 0.618. The van der Waals surface area contributed by atoms with Crippen molar-refractivity contribution >= 4 is 5.78 Å². The molecule has 0 aromatic rings. The van der Waals surface area contributed by atoms with E-state index in [2.05, 4.69) is 6.58 Å². The highest BCUT2D eigenvalue weighted by Crippen LogP contribution is 2.29. The Labute approximate surface area is 67.5 Å². The Bertz CT molecular complexity index is 161. The van der Waals surface area contributed by atoms with Gasteiger partial charge in [-0.3, -0.25) is 4.79 Å². The number of ketones is 1. The highest BCUT2D eigenvalue weighted by molar-refractivity contribution is 5.85. The third-order valence-corrected chi connectivity index (χ3v) is 2.38. The Morgan fingerprint density at radius 2 is 2.36 bits per heavy atom. The van der Waals surface area contributed by atoms with E-state index in [1.165, 1.54) is 6.42 Å². The van der Waals surface area contributed by atoms with Gasteiger partial charge in [0.1, 0.15) is 0 Å². The fourth-order valence-electron chi connectivity index (χ4n) is 1.34. The number of nitrogens with two attached hydrogens (primary N) is 1. The maximum absolute atomic E-state index is 11.2. The lowest BCUT2D eigenvalue weighted by atomic mass is 9.78. The summed E-state index contributed by atoms with van der Waals surface area (Å²) in [6, 6.07) is -0.221. The lowest BCUT2D eigenvalue weighted by Gasteiger charge is -2.29. The maximum atomic E-state index is 11.2. The van der Waals surface area contributed by atoms with Crippen LogP contribution in [0, 0.1) is 5.92 Å². The first-order chi connectivity index (χ1) is 5.25. The summed E-state index contributed by atoms with van der Waals surface area (Å²) >= 11 is 0. The van der Waals surface area contributed by atoms with Crippen molar-refractivity contribution in [2.45, 2.75) is 31.7 Å². The minimum absolute atomic E-state index is 0.143. The van der Waals surface area contributed by atoms with Gasteiger partial charge in [-0.2, -0.15) is 0 Å². The molecule has 0 radical (unpaired) electrons. The Morgan fingerprint density at radius 3 is 2.73 bits per heavy atom. The summed E-state index contributed by atoms with van der Waals surface area (Å²) in [5.41, 5.74) is 5.71. The van der Waals surface area contributed by atoms with Crippen molar-refractivity contribution in [1.82, 2.24) is 0 Å². The van der Waals surface area contributed by atoms with E-state index in [1.807, 2.05) is 0 Å². The van der Waals surface area contributed by atoms with Crippen LogP contribution in [0.5, 0.6) is 0 Å². The van der Waals surface area contributed by atoms with Crippen LogP contribution in [-0.4, -0.2) is 11.8 Å². The molecular formula is C9H15NO. The largest absolute Gasteiger partial charge is 0.321 e. The summed E-state index contributed by atoms with van der Waals surface area (Å²) < 4.78 is 0. The lowest BCUT2D eigenvalue weighted by Crippen LogP contribution is -2.41. The molecule has 1 rings (SSSR count). The maximum Gasteiger partial charge on any atom is 0.153 e. The average molecular weight is 153 g/mol.